The molecule has 0 bridgehead atoms. The standard InChI is InChI=1S/C11H20N2/c1-4-10(3)13-8-6-11(7-9-13)12-5-2/h1,10-12H,5-9H2,2-3H3. The molecule has 0 saturated carbocycles. The van der Waals surface area contributed by atoms with Crippen molar-refractivity contribution < 1.29 is 0 Å². The number of piperidine rings is 1. The predicted molar refractivity (Wildman–Crippen MR) is 56.6 cm³/mol. The van der Waals surface area contributed by atoms with Gasteiger partial charge < -0.3 is 5.32 Å². The number of nitrogens with one attached hydrogen (secondary N) is 1. The van der Waals surface area contributed by atoms with Gasteiger partial charge in [-0.05, 0) is 26.3 Å². The van der Waals surface area contributed by atoms with Crippen molar-refractivity contribution in [3.8, 4) is 12.3 Å². The Balaban J connectivity index is 2.27. The molecule has 1 aliphatic heterocycles. The minimum Gasteiger partial charge on any atom is -0.314 e. The zero-order valence-electron chi connectivity index (χ0n) is 8.71. The van der Waals surface area contributed by atoms with E-state index in [-0.39, 0.29) is 0 Å². The molecule has 1 rings (SSSR count). The van der Waals surface area contributed by atoms with Crippen molar-refractivity contribution in [2.24, 2.45) is 0 Å². The summed E-state index contributed by atoms with van der Waals surface area (Å²) in [5.41, 5.74) is 0. The molecule has 13 heavy (non-hydrogen) atoms. The lowest BCUT2D eigenvalue weighted by Crippen LogP contribution is -2.45. The topological polar surface area (TPSA) is 15.3 Å². The molecule has 1 N–H and O–H groups in total. The van der Waals surface area contributed by atoms with E-state index in [1.54, 1.807) is 0 Å². The van der Waals surface area contributed by atoms with Gasteiger partial charge in [0.15, 0.2) is 0 Å². The van der Waals surface area contributed by atoms with Crippen LogP contribution in [-0.2, 0) is 0 Å². The zero-order valence-corrected chi connectivity index (χ0v) is 8.71. The Morgan fingerprint density at radius 1 is 1.54 bits per heavy atom. The predicted octanol–water partition coefficient (Wildman–Crippen LogP) is 1.08. The fourth-order valence-corrected chi connectivity index (χ4v) is 1.88. The van der Waals surface area contributed by atoms with E-state index in [9.17, 15) is 0 Å². The van der Waals surface area contributed by atoms with Gasteiger partial charge in [-0.15, -0.1) is 6.42 Å². The minimum atomic E-state index is 0.308. The number of hydrogen-bond acceptors (Lipinski definition) is 2. The van der Waals surface area contributed by atoms with Crippen molar-refractivity contribution in [3.63, 3.8) is 0 Å². The molecule has 1 saturated heterocycles. The summed E-state index contributed by atoms with van der Waals surface area (Å²) in [6.45, 7) is 7.63. The van der Waals surface area contributed by atoms with Crippen LogP contribution in [-0.4, -0.2) is 36.6 Å². The van der Waals surface area contributed by atoms with Crippen molar-refractivity contribution in [2.45, 2.75) is 38.8 Å². The lowest BCUT2D eigenvalue weighted by atomic mass is 10.0. The highest BCUT2D eigenvalue weighted by molar-refractivity contribution is 4.98. The third-order valence-electron chi connectivity index (χ3n) is 2.81. The molecule has 0 aromatic heterocycles. The van der Waals surface area contributed by atoms with Gasteiger partial charge in [0, 0.05) is 19.1 Å². The monoisotopic (exact) mass is 180 g/mol. The quantitative estimate of drug-likeness (QED) is 0.654. The van der Waals surface area contributed by atoms with Crippen LogP contribution in [0.3, 0.4) is 0 Å². The number of terminal acetylenes is 1. The summed E-state index contributed by atoms with van der Waals surface area (Å²) in [6.07, 6.45) is 7.86. The lowest BCUT2D eigenvalue weighted by Gasteiger charge is -2.34. The highest BCUT2D eigenvalue weighted by Crippen LogP contribution is 2.12. The molecule has 0 aromatic rings. The van der Waals surface area contributed by atoms with Crippen molar-refractivity contribution in [1.29, 1.82) is 0 Å². The fraction of sp³-hybridized carbons (Fsp3) is 0.818. The first kappa shape index (κ1) is 10.6. The summed E-state index contributed by atoms with van der Waals surface area (Å²) in [5.74, 6) is 2.79. The van der Waals surface area contributed by atoms with Crippen molar-refractivity contribution >= 4 is 0 Å². The second-order valence-electron chi connectivity index (χ2n) is 3.71. The smallest absolute Gasteiger partial charge is 0.0683 e. The van der Waals surface area contributed by atoms with Crippen molar-refractivity contribution in [2.75, 3.05) is 19.6 Å². The Kier molecular flexibility index (Phi) is 4.27. The van der Waals surface area contributed by atoms with Gasteiger partial charge in [0.05, 0.1) is 6.04 Å². The second-order valence-corrected chi connectivity index (χ2v) is 3.71. The molecule has 2 nitrogen and oxygen atoms in total. The van der Waals surface area contributed by atoms with Crippen LogP contribution in [0.5, 0.6) is 0 Å². The highest BCUT2D eigenvalue weighted by Gasteiger charge is 2.20. The second kappa shape index (κ2) is 5.26. The Labute approximate surface area is 81.7 Å². The first-order valence-corrected chi connectivity index (χ1v) is 5.21. The molecule has 74 valence electrons. The van der Waals surface area contributed by atoms with Crippen LogP contribution in [0.25, 0.3) is 0 Å². The lowest BCUT2D eigenvalue weighted by molar-refractivity contribution is 0.180. The Morgan fingerprint density at radius 3 is 2.62 bits per heavy atom. The van der Waals surface area contributed by atoms with Crippen molar-refractivity contribution in [1.82, 2.24) is 10.2 Å². The van der Waals surface area contributed by atoms with Gasteiger partial charge in [-0.25, -0.2) is 0 Å². The third-order valence-corrected chi connectivity index (χ3v) is 2.81. The van der Waals surface area contributed by atoms with Crippen molar-refractivity contribution in [3.05, 3.63) is 0 Å². The number of rotatable bonds is 3. The molecular formula is C11H20N2. The maximum absolute atomic E-state index is 5.39. The van der Waals surface area contributed by atoms with E-state index in [2.05, 4.69) is 30.0 Å². The van der Waals surface area contributed by atoms with Gasteiger partial charge in [0.2, 0.25) is 0 Å². The van der Waals surface area contributed by atoms with E-state index in [1.165, 1.54) is 12.8 Å². The average Bonchev–Trinajstić information content (AvgIpc) is 2.18. The van der Waals surface area contributed by atoms with Gasteiger partial charge in [0.1, 0.15) is 0 Å². The molecule has 2 heteroatoms. The van der Waals surface area contributed by atoms with Gasteiger partial charge in [-0.3, -0.25) is 4.90 Å². The Morgan fingerprint density at radius 2 is 2.15 bits per heavy atom. The molecule has 0 amide bonds. The first-order chi connectivity index (χ1) is 6.27. The van der Waals surface area contributed by atoms with E-state index >= 15 is 0 Å². The van der Waals surface area contributed by atoms with E-state index < -0.39 is 0 Å². The summed E-state index contributed by atoms with van der Waals surface area (Å²) in [5, 5.41) is 3.48. The summed E-state index contributed by atoms with van der Waals surface area (Å²) in [6, 6.07) is 1.02. The average molecular weight is 180 g/mol. The molecule has 0 aliphatic carbocycles. The maximum atomic E-state index is 5.39. The van der Waals surface area contributed by atoms with Crippen LogP contribution in [0.15, 0.2) is 0 Å². The minimum absolute atomic E-state index is 0.308. The number of hydrogen-bond donors (Lipinski definition) is 1. The molecule has 1 atom stereocenters. The molecular weight excluding hydrogens is 160 g/mol. The molecule has 0 spiro atoms. The number of likely N-dealkylation sites (tertiary alicyclic amines) is 1. The molecule has 1 aliphatic rings. The van der Waals surface area contributed by atoms with Crippen LogP contribution in [0.2, 0.25) is 0 Å². The van der Waals surface area contributed by atoms with E-state index in [4.69, 9.17) is 6.42 Å². The Bertz CT molecular complexity index is 175. The Hall–Kier alpha value is -0.520. The van der Waals surface area contributed by atoms with E-state index in [0.717, 1.165) is 19.6 Å². The van der Waals surface area contributed by atoms with Crippen LogP contribution >= 0.6 is 0 Å². The molecule has 0 radical (unpaired) electrons. The summed E-state index contributed by atoms with van der Waals surface area (Å²) >= 11 is 0. The normalized spacial score (nSPS) is 22.5. The molecule has 1 unspecified atom stereocenters. The fourth-order valence-electron chi connectivity index (χ4n) is 1.88. The summed E-state index contributed by atoms with van der Waals surface area (Å²) in [4.78, 5) is 2.38. The maximum Gasteiger partial charge on any atom is 0.0683 e. The summed E-state index contributed by atoms with van der Waals surface area (Å²) < 4.78 is 0. The zero-order chi connectivity index (χ0) is 9.68. The molecule has 0 aromatic carbocycles. The van der Waals surface area contributed by atoms with Crippen LogP contribution in [0.4, 0.5) is 0 Å². The number of nitrogens with zero attached hydrogens (tertiary/aromatic N) is 1. The van der Waals surface area contributed by atoms with Gasteiger partial charge in [-0.1, -0.05) is 12.8 Å². The van der Waals surface area contributed by atoms with Gasteiger partial charge >= 0.3 is 0 Å². The van der Waals surface area contributed by atoms with Gasteiger partial charge in [0.25, 0.3) is 0 Å². The van der Waals surface area contributed by atoms with Crippen LogP contribution in [0.1, 0.15) is 26.7 Å². The highest BCUT2D eigenvalue weighted by atomic mass is 15.2. The largest absolute Gasteiger partial charge is 0.314 e. The third kappa shape index (κ3) is 3.02. The summed E-state index contributed by atoms with van der Waals surface area (Å²) in [7, 11) is 0. The first-order valence-electron chi connectivity index (χ1n) is 5.21. The van der Waals surface area contributed by atoms with Crippen LogP contribution < -0.4 is 5.32 Å². The van der Waals surface area contributed by atoms with E-state index in [0.29, 0.717) is 12.1 Å². The molecule has 1 heterocycles. The SMILES string of the molecule is C#CC(C)N1CCC(NCC)CC1. The van der Waals surface area contributed by atoms with E-state index in [1.807, 2.05) is 0 Å². The van der Waals surface area contributed by atoms with Gasteiger partial charge in [-0.2, -0.15) is 0 Å². The van der Waals surface area contributed by atoms with Crippen LogP contribution in [0, 0.1) is 12.3 Å². The molecule has 1 fully saturated rings.